The summed E-state index contributed by atoms with van der Waals surface area (Å²) in [5.74, 6) is 0.871. The highest BCUT2D eigenvalue weighted by Gasteiger charge is 2.05. The highest BCUT2D eigenvalue weighted by Crippen LogP contribution is 2.23. The average Bonchev–Trinajstić information content (AvgIpc) is 2.89. The zero-order chi connectivity index (χ0) is 14.4. The van der Waals surface area contributed by atoms with E-state index >= 15 is 0 Å². The van der Waals surface area contributed by atoms with E-state index in [4.69, 9.17) is 4.74 Å². The number of halogens is 1. The summed E-state index contributed by atoms with van der Waals surface area (Å²) in [4.78, 5) is 4.43. The minimum absolute atomic E-state index is 0.784. The average molecular weight is 338 g/mol. The van der Waals surface area contributed by atoms with Crippen LogP contribution in [0.15, 0.2) is 35.2 Å². The molecule has 0 spiro atoms. The monoisotopic (exact) mass is 337 g/mol. The van der Waals surface area contributed by atoms with Gasteiger partial charge in [-0.1, -0.05) is 22.9 Å². The molecule has 0 aliphatic carbocycles. The summed E-state index contributed by atoms with van der Waals surface area (Å²) in [6, 6.07) is 6.00. The first-order valence-electron chi connectivity index (χ1n) is 6.76. The Morgan fingerprint density at radius 1 is 1.40 bits per heavy atom. The maximum absolute atomic E-state index is 5.26. The third kappa shape index (κ3) is 4.08. The molecule has 0 aliphatic rings. The van der Waals surface area contributed by atoms with Gasteiger partial charge in [-0.05, 0) is 30.3 Å². The Hall–Kier alpha value is -1.33. The molecule has 4 nitrogen and oxygen atoms in total. The fourth-order valence-electron chi connectivity index (χ4n) is 2.01. The van der Waals surface area contributed by atoms with Gasteiger partial charge in [0.25, 0.3) is 0 Å². The van der Waals surface area contributed by atoms with Crippen molar-refractivity contribution < 1.29 is 4.74 Å². The van der Waals surface area contributed by atoms with E-state index in [2.05, 4.69) is 43.9 Å². The van der Waals surface area contributed by atoms with E-state index in [0.29, 0.717) is 0 Å². The number of methoxy groups -OCH3 is 1. The van der Waals surface area contributed by atoms with Crippen molar-refractivity contribution in [2.24, 2.45) is 0 Å². The van der Waals surface area contributed by atoms with E-state index in [0.717, 1.165) is 42.0 Å². The van der Waals surface area contributed by atoms with Crippen molar-refractivity contribution >= 4 is 15.9 Å². The van der Waals surface area contributed by atoms with Crippen LogP contribution in [0.3, 0.4) is 0 Å². The van der Waals surface area contributed by atoms with Crippen LogP contribution < -0.4 is 10.1 Å². The molecule has 0 saturated carbocycles. The summed E-state index contributed by atoms with van der Waals surface area (Å²) in [5.41, 5.74) is 2.30. The van der Waals surface area contributed by atoms with E-state index in [1.165, 1.54) is 5.56 Å². The van der Waals surface area contributed by atoms with Gasteiger partial charge in [-0.3, -0.25) is 0 Å². The molecule has 0 atom stereocenters. The van der Waals surface area contributed by atoms with Gasteiger partial charge in [-0.25, -0.2) is 4.98 Å². The van der Waals surface area contributed by atoms with E-state index in [9.17, 15) is 0 Å². The van der Waals surface area contributed by atoms with Crippen molar-refractivity contribution in [3.63, 3.8) is 0 Å². The lowest BCUT2D eigenvalue weighted by Gasteiger charge is -2.08. The molecule has 1 aromatic carbocycles. The molecule has 5 heteroatoms. The zero-order valence-electron chi connectivity index (χ0n) is 11.9. The van der Waals surface area contributed by atoms with Crippen molar-refractivity contribution in [2.75, 3.05) is 20.2 Å². The quantitative estimate of drug-likeness (QED) is 0.789. The summed E-state index contributed by atoms with van der Waals surface area (Å²) in [6.07, 6.45) is 4.94. The van der Waals surface area contributed by atoms with Gasteiger partial charge in [-0.15, -0.1) is 0 Å². The van der Waals surface area contributed by atoms with Crippen LogP contribution >= 0.6 is 15.9 Å². The Bertz CT molecular complexity index is 554. The first kappa shape index (κ1) is 15.1. The maximum atomic E-state index is 5.26. The number of ether oxygens (including phenoxy) is 1. The predicted octanol–water partition coefficient (Wildman–Crippen LogP) is 2.85. The van der Waals surface area contributed by atoms with Crippen LogP contribution in [-0.2, 0) is 13.0 Å². The lowest BCUT2D eigenvalue weighted by molar-refractivity contribution is 0.414. The topological polar surface area (TPSA) is 39.1 Å². The summed E-state index contributed by atoms with van der Waals surface area (Å²) in [5, 5.41) is 3.31. The SMILES string of the molecule is CCNCCc1cn(Cc2cc(OC)ccc2Br)cn1. The molecule has 1 N–H and O–H groups in total. The zero-order valence-corrected chi connectivity index (χ0v) is 13.5. The molecule has 0 saturated heterocycles. The molecular weight excluding hydrogens is 318 g/mol. The molecule has 1 aromatic heterocycles. The second-order valence-electron chi connectivity index (χ2n) is 4.60. The molecule has 2 aromatic rings. The van der Waals surface area contributed by atoms with Gasteiger partial charge in [0, 0.05) is 30.2 Å². The minimum Gasteiger partial charge on any atom is -0.497 e. The molecule has 20 heavy (non-hydrogen) atoms. The fraction of sp³-hybridized carbons (Fsp3) is 0.400. The van der Waals surface area contributed by atoms with Gasteiger partial charge < -0.3 is 14.6 Å². The molecule has 0 unspecified atom stereocenters. The predicted molar refractivity (Wildman–Crippen MR) is 84.3 cm³/mol. The number of likely N-dealkylation sites (N-methyl/N-ethyl adjacent to an activating group) is 1. The van der Waals surface area contributed by atoms with Gasteiger partial charge in [0.1, 0.15) is 5.75 Å². The highest BCUT2D eigenvalue weighted by atomic mass is 79.9. The van der Waals surface area contributed by atoms with Crippen LogP contribution in [0, 0.1) is 0 Å². The Morgan fingerprint density at radius 3 is 3.00 bits per heavy atom. The number of imidazole rings is 1. The van der Waals surface area contributed by atoms with Gasteiger partial charge in [0.2, 0.25) is 0 Å². The van der Waals surface area contributed by atoms with Crippen LogP contribution in [0.4, 0.5) is 0 Å². The molecule has 1 heterocycles. The number of hydrogen-bond donors (Lipinski definition) is 1. The highest BCUT2D eigenvalue weighted by molar-refractivity contribution is 9.10. The van der Waals surface area contributed by atoms with Crippen molar-refractivity contribution in [2.45, 2.75) is 19.9 Å². The lowest BCUT2D eigenvalue weighted by atomic mass is 10.2. The van der Waals surface area contributed by atoms with Crippen LogP contribution in [-0.4, -0.2) is 29.8 Å². The van der Waals surface area contributed by atoms with E-state index < -0.39 is 0 Å². The van der Waals surface area contributed by atoms with Gasteiger partial charge in [0.15, 0.2) is 0 Å². The number of hydrogen-bond acceptors (Lipinski definition) is 3. The largest absolute Gasteiger partial charge is 0.497 e. The molecule has 0 aliphatic heterocycles. The van der Waals surface area contributed by atoms with Crippen LogP contribution in [0.1, 0.15) is 18.2 Å². The Balaban J connectivity index is 2.03. The number of benzene rings is 1. The molecule has 2 rings (SSSR count). The molecular formula is C15H20BrN3O. The van der Waals surface area contributed by atoms with Gasteiger partial charge in [-0.2, -0.15) is 0 Å². The fourth-order valence-corrected chi connectivity index (χ4v) is 2.38. The van der Waals surface area contributed by atoms with Crippen LogP contribution in [0.25, 0.3) is 0 Å². The Morgan fingerprint density at radius 2 is 2.25 bits per heavy atom. The van der Waals surface area contributed by atoms with Crippen molar-refractivity contribution in [1.29, 1.82) is 0 Å². The van der Waals surface area contributed by atoms with E-state index in [-0.39, 0.29) is 0 Å². The second kappa shape index (κ2) is 7.45. The summed E-state index contributed by atoms with van der Waals surface area (Å²) >= 11 is 3.58. The van der Waals surface area contributed by atoms with Gasteiger partial charge >= 0.3 is 0 Å². The van der Waals surface area contributed by atoms with Crippen molar-refractivity contribution in [1.82, 2.24) is 14.9 Å². The lowest BCUT2D eigenvalue weighted by Crippen LogP contribution is -2.16. The van der Waals surface area contributed by atoms with Crippen molar-refractivity contribution in [3.8, 4) is 5.75 Å². The Labute approximate surface area is 128 Å². The summed E-state index contributed by atoms with van der Waals surface area (Å²) in [7, 11) is 1.68. The van der Waals surface area contributed by atoms with Crippen LogP contribution in [0.5, 0.6) is 5.75 Å². The molecule has 108 valence electrons. The molecule has 0 fully saturated rings. The number of rotatable bonds is 7. The second-order valence-corrected chi connectivity index (χ2v) is 5.45. The maximum Gasteiger partial charge on any atom is 0.119 e. The molecule has 0 bridgehead atoms. The molecule has 0 amide bonds. The third-order valence-electron chi connectivity index (χ3n) is 3.10. The van der Waals surface area contributed by atoms with Crippen molar-refractivity contribution in [3.05, 3.63) is 46.5 Å². The molecule has 0 radical (unpaired) electrons. The minimum atomic E-state index is 0.784. The number of nitrogens with zero attached hydrogens (tertiary/aromatic N) is 2. The standard InChI is InChI=1S/C15H20BrN3O/c1-3-17-7-6-13-10-19(11-18-13)9-12-8-14(20-2)4-5-15(12)16/h4-5,8,10-11,17H,3,6-7,9H2,1-2H3. The third-order valence-corrected chi connectivity index (χ3v) is 3.87. The number of aromatic nitrogens is 2. The first-order chi connectivity index (χ1) is 9.72. The van der Waals surface area contributed by atoms with Crippen LogP contribution in [0.2, 0.25) is 0 Å². The Kier molecular flexibility index (Phi) is 5.61. The van der Waals surface area contributed by atoms with Gasteiger partial charge in [0.05, 0.1) is 19.1 Å². The van der Waals surface area contributed by atoms with E-state index in [1.807, 2.05) is 24.5 Å². The summed E-state index contributed by atoms with van der Waals surface area (Å²) < 4.78 is 8.45. The number of nitrogens with one attached hydrogen (secondary N) is 1. The first-order valence-corrected chi connectivity index (χ1v) is 7.56. The van der Waals surface area contributed by atoms with E-state index in [1.54, 1.807) is 7.11 Å². The summed E-state index contributed by atoms with van der Waals surface area (Å²) in [6.45, 7) is 4.86. The normalized spacial score (nSPS) is 10.8. The smallest absolute Gasteiger partial charge is 0.119 e.